The molecule has 25 heavy (non-hydrogen) atoms. The minimum Gasteiger partial charge on any atom is -0.495 e. The Balaban J connectivity index is 1.80. The Kier molecular flexibility index (Phi) is 5.16. The van der Waals surface area contributed by atoms with Gasteiger partial charge in [0.05, 0.1) is 12.1 Å². The number of benzene rings is 1. The van der Waals surface area contributed by atoms with Crippen LogP contribution in [0.4, 0.5) is 5.82 Å². The van der Waals surface area contributed by atoms with Gasteiger partial charge >= 0.3 is 0 Å². The number of nitrogens with zero attached hydrogens (tertiary/aromatic N) is 4. The fourth-order valence-corrected chi connectivity index (χ4v) is 2.75. The van der Waals surface area contributed by atoms with Crippen molar-refractivity contribution in [3.63, 3.8) is 0 Å². The van der Waals surface area contributed by atoms with Gasteiger partial charge in [-0.2, -0.15) is 0 Å². The van der Waals surface area contributed by atoms with E-state index in [2.05, 4.69) is 20.3 Å². The normalized spacial score (nSPS) is 12.0. The molecule has 1 aromatic carbocycles. The number of anilines is 1. The zero-order valence-corrected chi connectivity index (χ0v) is 14.6. The van der Waals surface area contributed by atoms with Crippen LogP contribution in [0.25, 0.3) is 0 Å². The number of nitrogens with one attached hydrogen (secondary N) is 1. The Hall–Kier alpha value is -2.64. The maximum Gasteiger partial charge on any atom is 0.142 e. The van der Waals surface area contributed by atoms with Gasteiger partial charge in [-0.3, -0.25) is 0 Å². The molecule has 0 aliphatic heterocycles. The van der Waals surface area contributed by atoms with Crippen molar-refractivity contribution in [2.75, 3.05) is 12.4 Å². The van der Waals surface area contributed by atoms with Gasteiger partial charge < -0.3 is 19.7 Å². The molecule has 2 aromatic heterocycles. The van der Waals surface area contributed by atoms with Crippen LogP contribution in [0.15, 0.2) is 43.1 Å². The van der Waals surface area contributed by atoms with Gasteiger partial charge in [-0.05, 0) is 17.7 Å². The van der Waals surface area contributed by atoms with Gasteiger partial charge in [0, 0.05) is 37.7 Å². The van der Waals surface area contributed by atoms with Crippen LogP contribution in [0.5, 0.6) is 5.75 Å². The summed E-state index contributed by atoms with van der Waals surface area (Å²) in [5, 5.41) is 14.4. The van der Waals surface area contributed by atoms with Gasteiger partial charge in [-0.1, -0.05) is 17.7 Å². The standard InChI is InChI=1S/C17H18ClN5O2/c1-23-6-5-20-17(23)15(24)12-9-19-10-22-16(12)21-8-11-3-4-14(25-2)13(18)7-11/h3-7,9-10,15,24H,8H2,1-2H3,(H,19,21,22). The summed E-state index contributed by atoms with van der Waals surface area (Å²) in [5.41, 5.74) is 1.51. The lowest BCUT2D eigenvalue weighted by Crippen LogP contribution is -2.12. The van der Waals surface area contributed by atoms with Gasteiger partial charge in [0.1, 0.15) is 29.8 Å². The van der Waals surface area contributed by atoms with Crippen LogP contribution in [0.1, 0.15) is 23.1 Å². The molecule has 0 spiro atoms. The van der Waals surface area contributed by atoms with Crippen LogP contribution in [-0.4, -0.2) is 31.7 Å². The second-order valence-corrected chi connectivity index (χ2v) is 5.86. The summed E-state index contributed by atoms with van der Waals surface area (Å²) in [6, 6.07) is 5.54. The van der Waals surface area contributed by atoms with Gasteiger partial charge in [0.15, 0.2) is 0 Å². The first-order valence-electron chi connectivity index (χ1n) is 7.61. The number of aliphatic hydroxyl groups excluding tert-OH is 1. The zero-order valence-electron chi connectivity index (χ0n) is 13.8. The number of methoxy groups -OCH3 is 1. The van der Waals surface area contributed by atoms with E-state index in [1.54, 1.807) is 30.3 Å². The van der Waals surface area contributed by atoms with Gasteiger partial charge in [-0.25, -0.2) is 15.0 Å². The number of halogens is 1. The first-order valence-corrected chi connectivity index (χ1v) is 7.99. The van der Waals surface area contributed by atoms with Crippen molar-refractivity contribution in [2.24, 2.45) is 7.05 Å². The molecule has 130 valence electrons. The molecule has 0 saturated carbocycles. The molecule has 0 radical (unpaired) electrons. The lowest BCUT2D eigenvalue weighted by atomic mass is 10.1. The van der Waals surface area contributed by atoms with E-state index in [-0.39, 0.29) is 0 Å². The Labute approximate surface area is 150 Å². The van der Waals surface area contributed by atoms with Crippen molar-refractivity contribution in [2.45, 2.75) is 12.6 Å². The highest BCUT2D eigenvalue weighted by Gasteiger charge is 2.19. The lowest BCUT2D eigenvalue weighted by molar-refractivity contribution is 0.206. The second kappa shape index (κ2) is 7.50. The summed E-state index contributed by atoms with van der Waals surface area (Å²) < 4.78 is 6.91. The average Bonchev–Trinajstić information content (AvgIpc) is 3.05. The Bertz CT molecular complexity index is 868. The van der Waals surface area contributed by atoms with Crippen LogP contribution < -0.4 is 10.1 Å². The second-order valence-electron chi connectivity index (χ2n) is 5.45. The van der Waals surface area contributed by atoms with Crippen LogP contribution in [-0.2, 0) is 13.6 Å². The molecule has 0 saturated heterocycles. The summed E-state index contributed by atoms with van der Waals surface area (Å²) in [5.74, 6) is 1.68. The molecular weight excluding hydrogens is 342 g/mol. The van der Waals surface area contributed by atoms with Crippen LogP contribution >= 0.6 is 11.6 Å². The molecular formula is C17H18ClN5O2. The highest BCUT2D eigenvalue weighted by atomic mass is 35.5. The maximum atomic E-state index is 10.6. The Morgan fingerprint density at radius 1 is 1.36 bits per heavy atom. The van der Waals surface area contributed by atoms with E-state index in [1.165, 1.54) is 6.33 Å². The summed E-state index contributed by atoms with van der Waals surface area (Å²) in [7, 11) is 3.40. The minimum absolute atomic E-state index is 0.487. The van der Waals surface area contributed by atoms with Crippen LogP contribution in [0, 0.1) is 0 Å². The Morgan fingerprint density at radius 2 is 2.20 bits per heavy atom. The quantitative estimate of drug-likeness (QED) is 0.703. The Morgan fingerprint density at radius 3 is 2.88 bits per heavy atom. The van der Waals surface area contributed by atoms with Crippen LogP contribution in [0.3, 0.4) is 0 Å². The van der Waals surface area contributed by atoms with E-state index >= 15 is 0 Å². The topological polar surface area (TPSA) is 85.1 Å². The molecule has 2 heterocycles. The number of hydrogen-bond acceptors (Lipinski definition) is 6. The van der Waals surface area contributed by atoms with E-state index in [0.717, 1.165) is 5.56 Å². The third-order valence-corrected chi connectivity index (χ3v) is 4.11. The van der Waals surface area contributed by atoms with E-state index in [1.807, 2.05) is 25.2 Å². The molecule has 1 atom stereocenters. The molecule has 0 aliphatic rings. The summed E-state index contributed by atoms with van der Waals surface area (Å²) in [6.45, 7) is 0.487. The fourth-order valence-electron chi connectivity index (χ4n) is 2.47. The monoisotopic (exact) mass is 359 g/mol. The number of hydrogen-bond donors (Lipinski definition) is 2. The SMILES string of the molecule is COc1ccc(CNc2ncncc2C(O)c2nccn2C)cc1Cl. The van der Waals surface area contributed by atoms with Crippen molar-refractivity contribution in [3.8, 4) is 5.75 Å². The van der Waals surface area contributed by atoms with Gasteiger partial charge in [-0.15, -0.1) is 0 Å². The third-order valence-electron chi connectivity index (χ3n) is 3.81. The largest absolute Gasteiger partial charge is 0.495 e. The van der Waals surface area contributed by atoms with Gasteiger partial charge in [0.25, 0.3) is 0 Å². The molecule has 0 amide bonds. The van der Waals surface area contributed by atoms with Gasteiger partial charge in [0.2, 0.25) is 0 Å². The van der Waals surface area contributed by atoms with E-state index in [0.29, 0.717) is 34.5 Å². The highest BCUT2D eigenvalue weighted by Crippen LogP contribution is 2.27. The number of imidazole rings is 1. The van der Waals surface area contributed by atoms with E-state index < -0.39 is 6.10 Å². The molecule has 1 unspecified atom stereocenters. The van der Waals surface area contributed by atoms with Crippen molar-refractivity contribution in [1.82, 2.24) is 19.5 Å². The van der Waals surface area contributed by atoms with Crippen molar-refractivity contribution < 1.29 is 9.84 Å². The summed E-state index contributed by atoms with van der Waals surface area (Å²) >= 11 is 6.15. The number of aryl methyl sites for hydroxylation is 1. The third kappa shape index (κ3) is 3.72. The van der Waals surface area contributed by atoms with Crippen LogP contribution in [0.2, 0.25) is 5.02 Å². The molecule has 0 fully saturated rings. The number of aromatic nitrogens is 4. The highest BCUT2D eigenvalue weighted by molar-refractivity contribution is 6.32. The lowest BCUT2D eigenvalue weighted by Gasteiger charge is -2.15. The summed E-state index contributed by atoms with van der Waals surface area (Å²) in [4.78, 5) is 12.4. The van der Waals surface area contributed by atoms with E-state index in [9.17, 15) is 5.11 Å². The predicted molar refractivity (Wildman–Crippen MR) is 94.6 cm³/mol. The summed E-state index contributed by atoms with van der Waals surface area (Å²) in [6.07, 6.45) is 5.49. The van der Waals surface area contributed by atoms with E-state index in [4.69, 9.17) is 16.3 Å². The first kappa shape index (κ1) is 17.2. The molecule has 0 aliphatic carbocycles. The average molecular weight is 360 g/mol. The molecule has 8 heteroatoms. The number of aliphatic hydroxyl groups is 1. The predicted octanol–water partition coefficient (Wildman–Crippen LogP) is 2.57. The number of rotatable bonds is 6. The maximum absolute atomic E-state index is 10.6. The first-order chi connectivity index (χ1) is 12.1. The molecule has 3 aromatic rings. The molecule has 2 N–H and O–H groups in total. The van der Waals surface area contributed by atoms with Crippen molar-refractivity contribution >= 4 is 17.4 Å². The minimum atomic E-state index is -0.928. The molecule has 0 bridgehead atoms. The fraction of sp³-hybridized carbons (Fsp3) is 0.235. The molecule has 7 nitrogen and oxygen atoms in total. The zero-order chi connectivity index (χ0) is 17.8. The number of ether oxygens (including phenoxy) is 1. The molecule has 3 rings (SSSR count). The van der Waals surface area contributed by atoms with Crippen molar-refractivity contribution in [1.29, 1.82) is 0 Å². The smallest absolute Gasteiger partial charge is 0.142 e. The van der Waals surface area contributed by atoms with Crippen molar-refractivity contribution in [3.05, 3.63) is 65.1 Å².